The van der Waals surface area contributed by atoms with Gasteiger partial charge in [-0.15, -0.1) is 0 Å². The molecule has 0 spiro atoms. The molecule has 0 fully saturated rings. The van der Waals surface area contributed by atoms with E-state index < -0.39 is 0 Å². The Morgan fingerprint density at radius 2 is 1.34 bits per heavy atom. The molecule has 0 N–H and O–H groups in total. The lowest BCUT2D eigenvalue weighted by Crippen LogP contribution is -2.11. The summed E-state index contributed by atoms with van der Waals surface area (Å²) in [6.07, 6.45) is 7.99. The molecule has 1 heterocycles. The fraction of sp³-hybridized carbons (Fsp3) is 0.0256. The Labute approximate surface area is 239 Å². The molecular weight excluding hydrogens is 498 g/mol. The second kappa shape index (κ2) is 10.3. The van der Waals surface area contributed by atoms with Gasteiger partial charge in [0.05, 0.1) is 11.4 Å². The van der Waals surface area contributed by atoms with Crippen molar-refractivity contribution >= 4 is 66.1 Å². The first-order valence-corrected chi connectivity index (χ1v) is 13.9. The van der Waals surface area contributed by atoms with E-state index in [2.05, 4.69) is 140 Å². The summed E-state index contributed by atoms with van der Waals surface area (Å²) in [5, 5.41) is 7.09. The van der Waals surface area contributed by atoms with Crippen LogP contribution >= 0.6 is 0 Å². The minimum atomic E-state index is 0.873. The second-order valence-corrected chi connectivity index (χ2v) is 10.1. The number of hydrogen-bond donors (Lipinski definition) is 0. The van der Waals surface area contributed by atoms with Gasteiger partial charge >= 0.3 is 0 Å². The van der Waals surface area contributed by atoms with Gasteiger partial charge < -0.3 is 9.32 Å². The average molecular weight is 528 g/mol. The maximum absolute atomic E-state index is 6.56. The first kappa shape index (κ1) is 24.7. The maximum Gasteiger partial charge on any atom is 0.159 e. The first-order valence-electron chi connectivity index (χ1n) is 13.9. The van der Waals surface area contributed by atoms with Crippen LogP contribution in [0.3, 0.4) is 0 Å². The van der Waals surface area contributed by atoms with Crippen LogP contribution in [0.4, 0.5) is 17.1 Å². The van der Waals surface area contributed by atoms with E-state index in [0.717, 1.165) is 50.1 Å². The molecule has 0 saturated carbocycles. The predicted octanol–water partition coefficient (Wildman–Crippen LogP) is 11.5. The molecule has 0 radical (unpaired) electrons. The molecular formula is C39H29NO. The van der Waals surface area contributed by atoms with Crippen molar-refractivity contribution in [3.8, 4) is 0 Å². The number of allylic oxidation sites excluding steroid dienone is 5. The molecule has 0 unspecified atom stereocenters. The third-order valence-electron chi connectivity index (χ3n) is 7.79. The van der Waals surface area contributed by atoms with Crippen LogP contribution in [0.15, 0.2) is 157 Å². The minimum absolute atomic E-state index is 0.873. The Morgan fingerprint density at radius 3 is 2.17 bits per heavy atom. The SMILES string of the molecule is C=C/C=C\C(=C/C)c1ccc(N(c2cccc3c2oc2ccccc23)c2cccc3ccc4ccccc4c23)cc1. The van der Waals surface area contributed by atoms with E-state index in [1.165, 1.54) is 21.5 Å². The van der Waals surface area contributed by atoms with E-state index in [4.69, 9.17) is 4.42 Å². The van der Waals surface area contributed by atoms with E-state index in [-0.39, 0.29) is 0 Å². The zero-order chi connectivity index (χ0) is 27.8. The van der Waals surface area contributed by atoms with Gasteiger partial charge in [0, 0.05) is 21.8 Å². The molecule has 7 aromatic rings. The van der Waals surface area contributed by atoms with Gasteiger partial charge in [-0.05, 0) is 64.6 Å². The Balaban J connectivity index is 1.52. The molecule has 0 saturated heterocycles. The van der Waals surface area contributed by atoms with Crippen LogP contribution < -0.4 is 4.90 Å². The van der Waals surface area contributed by atoms with Crippen LogP contribution in [0.5, 0.6) is 0 Å². The maximum atomic E-state index is 6.56. The normalized spacial score (nSPS) is 12.2. The predicted molar refractivity (Wildman–Crippen MR) is 176 cm³/mol. The lowest BCUT2D eigenvalue weighted by Gasteiger charge is -2.27. The largest absolute Gasteiger partial charge is 0.454 e. The first-order chi connectivity index (χ1) is 20.3. The van der Waals surface area contributed by atoms with Crippen molar-refractivity contribution in [1.29, 1.82) is 0 Å². The van der Waals surface area contributed by atoms with Gasteiger partial charge in [-0.25, -0.2) is 0 Å². The monoisotopic (exact) mass is 527 g/mol. The summed E-state index contributed by atoms with van der Waals surface area (Å²) in [7, 11) is 0. The van der Waals surface area contributed by atoms with Crippen molar-refractivity contribution in [2.75, 3.05) is 4.90 Å². The topological polar surface area (TPSA) is 16.4 Å². The molecule has 0 aliphatic heterocycles. The zero-order valence-electron chi connectivity index (χ0n) is 22.9. The van der Waals surface area contributed by atoms with Crippen LogP contribution in [0.25, 0.3) is 49.1 Å². The second-order valence-electron chi connectivity index (χ2n) is 10.1. The van der Waals surface area contributed by atoms with E-state index in [0.29, 0.717) is 0 Å². The molecule has 1 aromatic heterocycles. The van der Waals surface area contributed by atoms with Gasteiger partial charge in [0.25, 0.3) is 0 Å². The van der Waals surface area contributed by atoms with Gasteiger partial charge in [-0.3, -0.25) is 0 Å². The number of rotatable bonds is 6. The molecule has 6 aromatic carbocycles. The van der Waals surface area contributed by atoms with Crippen LogP contribution in [0.1, 0.15) is 12.5 Å². The van der Waals surface area contributed by atoms with E-state index in [1.54, 1.807) is 6.08 Å². The number of para-hydroxylation sites is 2. The van der Waals surface area contributed by atoms with Crippen LogP contribution in [-0.4, -0.2) is 0 Å². The molecule has 0 aliphatic rings. The van der Waals surface area contributed by atoms with Gasteiger partial charge in [0.1, 0.15) is 5.58 Å². The zero-order valence-corrected chi connectivity index (χ0v) is 22.9. The quantitative estimate of drug-likeness (QED) is 0.158. The van der Waals surface area contributed by atoms with Crippen molar-refractivity contribution in [2.24, 2.45) is 0 Å². The number of fused-ring (bicyclic) bond motifs is 6. The van der Waals surface area contributed by atoms with E-state index in [1.807, 2.05) is 18.2 Å². The van der Waals surface area contributed by atoms with Gasteiger partial charge in [0.15, 0.2) is 5.58 Å². The highest BCUT2D eigenvalue weighted by atomic mass is 16.3. The van der Waals surface area contributed by atoms with E-state index >= 15 is 0 Å². The molecule has 0 bridgehead atoms. The smallest absolute Gasteiger partial charge is 0.159 e. The fourth-order valence-electron chi connectivity index (χ4n) is 5.88. The number of hydrogen-bond acceptors (Lipinski definition) is 2. The lowest BCUT2D eigenvalue weighted by molar-refractivity contribution is 0.669. The molecule has 0 amide bonds. The Morgan fingerprint density at radius 1 is 0.659 bits per heavy atom. The number of nitrogens with zero attached hydrogens (tertiary/aromatic N) is 1. The highest BCUT2D eigenvalue weighted by Crippen LogP contribution is 2.45. The standard InChI is InChI=1S/C39H29NO/c1-3-5-12-27(4-2)28-23-25-31(26-24-28)40(36-19-11-17-34-33-16-8-9-20-37(33)41-39(34)36)35-18-10-14-30-22-21-29-13-6-7-15-32(29)38(30)35/h3-26H,1H2,2H3/b12-5-,27-4+. The fourth-order valence-corrected chi connectivity index (χ4v) is 5.88. The summed E-state index contributed by atoms with van der Waals surface area (Å²) >= 11 is 0. The van der Waals surface area contributed by atoms with E-state index in [9.17, 15) is 0 Å². The van der Waals surface area contributed by atoms with Crippen molar-refractivity contribution in [2.45, 2.75) is 6.92 Å². The van der Waals surface area contributed by atoms with Crippen molar-refractivity contribution in [1.82, 2.24) is 0 Å². The average Bonchev–Trinajstić information content (AvgIpc) is 3.42. The summed E-state index contributed by atoms with van der Waals surface area (Å²) < 4.78 is 6.56. The highest BCUT2D eigenvalue weighted by Gasteiger charge is 2.21. The Kier molecular flexibility index (Phi) is 6.22. The summed E-state index contributed by atoms with van der Waals surface area (Å²) in [6.45, 7) is 5.88. The third-order valence-corrected chi connectivity index (χ3v) is 7.79. The molecule has 0 aliphatic carbocycles. The molecule has 7 rings (SSSR count). The summed E-state index contributed by atoms with van der Waals surface area (Å²) in [5.74, 6) is 0. The van der Waals surface area contributed by atoms with Gasteiger partial charge in [0.2, 0.25) is 0 Å². The minimum Gasteiger partial charge on any atom is -0.454 e. The van der Waals surface area contributed by atoms with Crippen LogP contribution in [0.2, 0.25) is 0 Å². The van der Waals surface area contributed by atoms with Gasteiger partial charge in [-0.1, -0.05) is 122 Å². The Hall–Kier alpha value is -5.34. The molecule has 2 nitrogen and oxygen atoms in total. The van der Waals surface area contributed by atoms with Crippen molar-refractivity contribution in [3.05, 3.63) is 158 Å². The van der Waals surface area contributed by atoms with Crippen LogP contribution in [-0.2, 0) is 0 Å². The number of anilines is 3. The number of furan rings is 1. The third kappa shape index (κ3) is 4.21. The molecule has 2 heteroatoms. The summed E-state index contributed by atoms with van der Waals surface area (Å²) in [6, 6.07) is 43.1. The highest BCUT2D eigenvalue weighted by molar-refractivity contribution is 6.17. The molecule has 0 atom stereocenters. The van der Waals surface area contributed by atoms with Crippen LogP contribution in [0, 0.1) is 0 Å². The summed E-state index contributed by atoms with van der Waals surface area (Å²) in [5.41, 5.74) is 7.24. The van der Waals surface area contributed by atoms with Crippen molar-refractivity contribution in [3.63, 3.8) is 0 Å². The molecule has 196 valence electrons. The van der Waals surface area contributed by atoms with Gasteiger partial charge in [-0.2, -0.15) is 0 Å². The van der Waals surface area contributed by atoms with Crippen molar-refractivity contribution < 1.29 is 4.42 Å². The molecule has 41 heavy (non-hydrogen) atoms. The summed E-state index contributed by atoms with van der Waals surface area (Å²) in [4.78, 5) is 2.35. The Bertz CT molecular complexity index is 2130. The number of benzene rings is 6. The lowest BCUT2D eigenvalue weighted by atomic mass is 9.98.